The molecule has 0 fully saturated rings. The van der Waals surface area contributed by atoms with E-state index in [0.717, 1.165) is 28.2 Å². The molecule has 0 aliphatic carbocycles. The second kappa shape index (κ2) is 6.41. The molecule has 130 valence electrons. The highest BCUT2D eigenvalue weighted by molar-refractivity contribution is 7.92. The maximum atomic E-state index is 12.7. The lowest BCUT2D eigenvalue weighted by molar-refractivity contribution is 0.601. The molecule has 0 spiro atoms. The summed E-state index contributed by atoms with van der Waals surface area (Å²) in [7, 11) is -3.61. The van der Waals surface area contributed by atoms with Gasteiger partial charge in [0.05, 0.1) is 10.6 Å². The number of aromatic nitrogens is 1. The van der Waals surface area contributed by atoms with Gasteiger partial charge in [0.1, 0.15) is 0 Å². The first-order chi connectivity index (χ1) is 11.8. The molecule has 1 N–H and O–H groups in total. The van der Waals surface area contributed by atoms with Crippen LogP contribution in [0.25, 0.3) is 5.69 Å². The first-order valence-corrected chi connectivity index (χ1v) is 9.62. The predicted octanol–water partition coefficient (Wildman–Crippen LogP) is 4.51. The fraction of sp³-hybridized carbons (Fsp3) is 0.200. The van der Waals surface area contributed by atoms with Gasteiger partial charge in [0.2, 0.25) is 0 Å². The highest BCUT2D eigenvalue weighted by Crippen LogP contribution is 2.22. The first kappa shape index (κ1) is 17.3. The maximum Gasteiger partial charge on any atom is 0.261 e. The minimum absolute atomic E-state index is 0.249. The van der Waals surface area contributed by atoms with E-state index in [1.165, 1.54) is 0 Å². The van der Waals surface area contributed by atoms with Crippen molar-refractivity contribution in [1.82, 2.24) is 4.57 Å². The number of rotatable bonds is 4. The van der Waals surface area contributed by atoms with Gasteiger partial charge in [0.25, 0.3) is 10.0 Å². The Hall–Kier alpha value is -2.53. The Morgan fingerprint density at radius 3 is 1.96 bits per heavy atom. The Morgan fingerprint density at radius 1 is 0.800 bits per heavy atom. The third kappa shape index (κ3) is 3.46. The van der Waals surface area contributed by atoms with Gasteiger partial charge in [-0.2, -0.15) is 0 Å². The summed E-state index contributed by atoms with van der Waals surface area (Å²) in [5.74, 6) is 0. The maximum absolute atomic E-state index is 12.7. The second-order valence-electron chi connectivity index (χ2n) is 6.37. The van der Waals surface area contributed by atoms with Gasteiger partial charge in [-0.3, -0.25) is 4.72 Å². The van der Waals surface area contributed by atoms with Crippen LogP contribution in [0.2, 0.25) is 0 Å². The van der Waals surface area contributed by atoms with Crippen LogP contribution in [0.15, 0.2) is 59.5 Å². The number of nitrogens with zero attached hydrogens (tertiary/aromatic N) is 1. The van der Waals surface area contributed by atoms with Gasteiger partial charge < -0.3 is 4.57 Å². The molecule has 25 heavy (non-hydrogen) atoms. The molecule has 4 nitrogen and oxygen atoms in total. The zero-order chi connectivity index (χ0) is 18.2. The van der Waals surface area contributed by atoms with Crippen LogP contribution in [0.5, 0.6) is 0 Å². The summed E-state index contributed by atoms with van der Waals surface area (Å²) in [5, 5.41) is 0. The molecule has 0 radical (unpaired) electrons. The van der Waals surface area contributed by atoms with Crippen LogP contribution in [0.3, 0.4) is 0 Å². The van der Waals surface area contributed by atoms with Gasteiger partial charge in [0, 0.05) is 17.1 Å². The van der Waals surface area contributed by atoms with Crippen molar-refractivity contribution in [2.75, 3.05) is 4.72 Å². The molecule has 3 aromatic rings. The first-order valence-electron chi connectivity index (χ1n) is 8.13. The van der Waals surface area contributed by atoms with E-state index in [0.29, 0.717) is 5.69 Å². The van der Waals surface area contributed by atoms with Crippen LogP contribution < -0.4 is 4.72 Å². The average Bonchev–Trinajstić information content (AvgIpc) is 2.89. The monoisotopic (exact) mass is 354 g/mol. The molecule has 0 unspecified atom stereocenters. The lowest BCUT2D eigenvalue weighted by Crippen LogP contribution is -2.14. The number of aryl methyl sites for hydroxylation is 4. The Bertz CT molecular complexity index is 997. The summed E-state index contributed by atoms with van der Waals surface area (Å²) in [6.07, 6.45) is 0. The van der Waals surface area contributed by atoms with Gasteiger partial charge in [-0.05, 0) is 75.7 Å². The highest BCUT2D eigenvalue weighted by atomic mass is 32.2. The SMILES string of the molecule is Cc1ccc(NS(=O)(=O)c2ccc(-n3c(C)ccc3C)cc2)c(C)c1. The number of benzene rings is 2. The average molecular weight is 354 g/mol. The minimum Gasteiger partial charge on any atom is -0.319 e. The Balaban J connectivity index is 1.91. The van der Waals surface area contributed by atoms with Crippen molar-refractivity contribution in [2.45, 2.75) is 32.6 Å². The molecule has 0 atom stereocenters. The van der Waals surface area contributed by atoms with Crippen molar-refractivity contribution in [1.29, 1.82) is 0 Å². The quantitative estimate of drug-likeness (QED) is 0.749. The summed E-state index contributed by atoms with van der Waals surface area (Å²) < 4.78 is 30.1. The molecule has 0 bridgehead atoms. The largest absolute Gasteiger partial charge is 0.319 e. The van der Waals surface area contributed by atoms with E-state index in [-0.39, 0.29) is 4.90 Å². The molecular weight excluding hydrogens is 332 g/mol. The van der Waals surface area contributed by atoms with Crippen LogP contribution >= 0.6 is 0 Å². The van der Waals surface area contributed by atoms with Crippen LogP contribution in [-0.4, -0.2) is 13.0 Å². The van der Waals surface area contributed by atoms with E-state index < -0.39 is 10.0 Å². The van der Waals surface area contributed by atoms with Crippen molar-refractivity contribution in [2.24, 2.45) is 0 Å². The van der Waals surface area contributed by atoms with Gasteiger partial charge >= 0.3 is 0 Å². The van der Waals surface area contributed by atoms with E-state index in [2.05, 4.69) is 9.29 Å². The third-order valence-electron chi connectivity index (χ3n) is 4.30. The zero-order valence-electron chi connectivity index (χ0n) is 14.9. The fourth-order valence-electron chi connectivity index (χ4n) is 2.98. The summed E-state index contributed by atoms with van der Waals surface area (Å²) >= 11 is 0. The predicted molar refractivity (Wildman–Crippen MR) is 102 cm³/mol. The number of hydrogen-bond acceptors (Lipinski definition) is 2. The molecule has 1 heterocycles. The number of anilines is 1. The molecule has 0 saturated heterocycles. The van der Waals surface area contributed by atoms with Gasteiger partial charge in [-0.15, -0.1) is 0 Å². The van der Waals surface area contributed by atoms with Crippen molar-refractivity contribution in [3.05, 3.63) is 77.1 Å². The van der Waals surface area contributed by atoms with Gasteiger partial charge in [-0.1, -0.05) is 17.7 Å². The van der Waals surface area contributed by atoms with Crippen LogP contribution in [0, 0.1) is 27.7 Å². The van der Waals surface area contributed by atoms with E-state index in [4.69, 9.17) is 0 Å². The summed E-state index contributed by atoms with van der Waals surface area (Å²) in [4.78, 5) is 0.249. The summed E-state index contributed by atoms with van der Waals surface area (Å²) in [5.41, 5.74) is 5.78. The molecule has 1 aromatic heterocycles. The molecule has 0 aliphatic rings. The molecule has 2 aromatic carbocycles. The van der Waals surface area contributed by atoms with E-state index in [9.17, 15) is 8.42 Å². The normalized spacial score (nSPS) is 11.5. The number of hydrogen-bond donors (Lipinski definition) is 1. The Kier molecular flexibility index (Phi) is 4.43. The molecule has 0 amide bonds. The third-order valence-corrected chi connectivity index (χ3v) is 5.68. The van der Waals surface area contributed by atoms with E-state index in [1.807, 2.05) is 64.1 Å². The minimum atomic E-state index is -3.61. The lowest BCUT2D eigenvalue weighted by Gasteiger charge is -2.13. The standard InChI is InChI=1S/C20H22N2O2S/c1-14-5-12-20(15(2)13-14)21-25(23,24)19-10-8-18(9-11-19)22-16(3)6-7-17(22)4/h5-13,21H,1-4H3. The van der Waals surface area contributed by atoms with Crippen LogP contribution in [-0.2, 0) is 10.0 Å². The van der Waals surface area contributed by atoms with Crippen molar-refractivity contribution < 1.29 is 8.42 Å². The van der Waals surface area contributed by atoms with Gasteiger partial charge in [-0.25, -0.2) is 8.42 Å². The molecule has 5 heteroatoms. The molecule has 0 saturated carbocycles. The van der Waals surface area contributed by atoms with Crippen LogP contribution in [0.4, 0.5) is 5.69 Å². The summed E-state index contributed by atoms with van der Waals surface area (Å²) in [6.45, 7) is 7.93. The van der Waals surface area contributed by atoms with E-state index in [1.54, 1.807) is 18.2 Å². The Labute approximate surface area is 149 Å². The summed E-state index contributed by atoms with van der Waals surface area (Å²) in [6, 6.07) is 16.7. The molecular formula is C20H22N2O2S. The van der Waals surface area contributed by atoms with Crippen molar-refractivity contribution >= 4 is 15.7 Å². The number of sulfonamides is 1. The topological polar surface area (TPSA) is 51.1 Å². The molecule has 0 aliphatic heterocycles. The van der Waals surface area contributed by atoms with E-state index >= 15 is 0 Å². The van der Waals surface area contributed by atoms with Crippen LogP contribution in [0.1, 0.15) is 22.5 Å². The smallest absolute Gasteiger partial charge is 0.261 e. The fourth-order valence-corrected chi connectivity index (χ4v) is 4.11. The van der Waals surface area contributed by atoms with Crippen molar-refractivity contribution in [3.63, 3.8) is 0 Å². The molecule has 3 rings (SSSR count). The number of nitrogens with one attached hydrogen (secondary N) is 1. The highest BCUT2D eigenvalue weighted by Gasteiger charge is 2.15. The lowest BCUT2D eigenvalue weighted by atomic mass is 10.1. The van der Waals surface area contributed by atoms with Gasteiger partial charge in [0.15, 0.2) is 0 Å². The Morgan fingerprint density at radius 2 is 1.40 bits per heavy atom. The van der Waals surface area contributed by atoms with Crippen molar-refractivity contribution in [3.8, 4) is 5.69 Å². The zero-order valence-corrected chi connectivity index (χ0v) is 15.7. The second-order valence-corrected chi connectivity index (χ2v) is 8.05.